The minimum Gasteiger partial charge on any atom is -0.295 e. The Morgan fingerprint density at radius 2 is 2.09 bits per heavy atom. The number of rotatable bonds is 4. The number of imidazole rings is 1. The molecule has 6 heteroatoms. The number of hydrogen-bond donors (Lipinski definition) is 0. The fraction of sp³-hybridized carbons (Fsp3) is 0.353. The summed E-state index contributed by atoms with van der Waals surface area (Å²) in [7, 11) is 0. The monoisotopic (exact) mass is 425 g/mol. The van der Waals surface area contributed by atoms with Gasteiger partial charge in [-0.05, 0) is 37.1 Å². The number of pyridine rings is 1. The van der Waals surface area contributed by atoms with Crippen molar-refractivity contribution in [3.8, 4) is 11.3 Å². The number of nitrogens with zero attached hydrogens (tertiary/aromatic N) is 3. The Labute approximate surface area is 148 Å². The Hall–Kier alpha value is -1.57. The summed E-state index contributed by atoms with van der Waals surface area (Å²) < 4.78 is 15.3. The molecule has 2 aromatic rings. The lowest BCUT2D eigenvalue weighted by atomic mass is 9.86. The largest absolute Gasteiger partial charge is 0.295 e. The molecule has 0 spiro atoms. The van der Waals surface area contributed by atoms with E-state index >= 15 is 0 Å². The first kappa shape index (κ1) is 16.3. The second kappa shape index (κ2) is 7.33. The van der Waals surface area contributed by atoms with E-state index in [9.17, 15) is 9.18 Å². The number of hydrogen-bond acceptors (Lipinski definition) is 3. The molecule has 1 fully saturated rings. The molecule has 1 saturated carbocycles. The second-order valence-electron chi connectivity index (χ2n) is 5.74. The quantitative estimate of drug-likeness (QED) is 0.413. The van der Waals surface area contributed by atoms with E-state index in [0.717, 1.165) is 31.2 Å². The van der Waals surface area contributed by atoms with E-state index in [1.807, 2.05) is 6.20 Å². The predicted molar refractivity (Wildman–Crippen MR) is 95.5 cm³/mol. The fourth-order valence-corrected chi connectivity index (χ4v) is 3.31. The van der Waals surface area contributed by atoms with E-state index < -0.39 is 5.95 Å². The van der Waals surface area contributed by atoms with Crippen molar-refractivity contribution in [2.24, 2.45) is 5.92 Å². The molecule has 0 radical (unpaired) electrons. The Kier molecular flexibility index (Phi) is 5.20. The molecule has 120 valence electrons. The number of allylic oxidation sites excluding steroid dienone is 1. The summed E-state index contributed by atoms with van der Waals surface area (Å²) in [6, 6.07) is 2.95. The third-order valence-corrected chi connectivity index (χ3v) is 4.66. The van der Waals surface area contributed by atoms with Crippen molar-refractivity contribution < 1.29 is 9.18 Å². The molecule has 23 heavy (non-hydrogen) atoms. The molecule has 1 aliphatic rings. The lowest BCUT2D eigenvalue weighted by molar-refractivity contribution is -0.119. The van der Waals surface area contributed by atoms with Crippen LogP contribution < -0.4 is 0 Å². The molecule has 2 heterocycles. The van der Waals surface area contributed by atoms with Crippen LogP contribution in [-0.2, 0) is 4.79 Å². The van der Waals surface area contributed by atoms with Crippen molar-refractivity contribution in [2.45, 2.75) is 32.1 Å². The van der Waals surface area contributed by atoms with Crippen LogP contribution in [0.3, 0.4) is 0 Å². The van der Waals surface area contributed by atoms with Gasteiger partial charge < -0.3 is 0 Å². The molecule has 3 rings (SSSR count). The highest BCUT2D eigenvalue weighted by Gasteiger charge is 2.19. The van der Waals surface area contributed by atoms with E-state index in [1.165, 1.54) is 12.5 Å². The third-order valence-electron chi connectivity index (χ3n) is 4.13. The SMILES string of the molecule is O=C(/C=C/c1nc(F)ccc1-c1cn(I)cn1)C1CCCCC1. The lowest BCUT2D eigenvalue weighted by Gasteiger charge is -2.18. The highest BCUT2D eigenvalue weighted by molar-refractivity contribution is 14.1. The predicted octanol–water partition coefficient (Wildman–Crippen LogP) is 4.44. The number of carbonyl (C=O) groups is 1. The van der Waals surface area contributed by atoms with Crippen molar-refractivity contribution in [3.63, 3.8) is 0 Å². The molecule has 0 saturated heterocycles. The van der Waals surface area contributed by atoms with Crippen molar-refractivity contribution in [3.05, 3.63) is 42.4 Å². The summed E-state index contributed by atoms with van der Waals surface area (Å²) in [5, 5.41) is 0. The van der Waals surface area contributed by atoms with E-state index in [2.05, 4.69) is 32.8 Å². The summed E-state index contributed by atoms with van der Waals surface area (Å²) in [5.41, 5.74) is 1.86. The minimum atomic E-state index is -0.563. The Morgan fingerprint density at radius 3 is 2.78 bits per heavy atom. The number of carbonyl (C=O) groups excluding carboxylic acids is 1. The van der Waals surface area contributed by atoms with Gasteiger partial charge in [-0.15, -0.1) is 0 Å². The zero-order chi connectivity index (χ0) is 16.2. The van der Waals surface area contributed by atoms with Crippen LogP contribution in [0.4, 0.5) is 4.39 Å². The summed E-state index contributed by atoms with van der Waals surface area (Å²) in [4.78, 5) is 20.5. The van der Waals surface area contributed by atoms with Crippen molar-refractivity contribution in [1.29, 1.82) is 0 Å². The van der Waals surface area contributed by atoms with Gasteiger partial charge >= 0.3 is 0 Å². The van der Waals surface area contributed by atoms with E-state index in [1.54, 1.807) is 27.3 Å². The number of ketones is 1. The van der Waals surface area contributed by atoms with Crippen LogP contribution in [0.5, 0.6) is 0 Å². The Balaban J connectivity index is 1.85. The Bertz CT molecular complexity index is 735. The molecule has 0 bridgehead atoms. The molecular weight excluding hydrogens is 408 g/mol. The van der Waals surface area contributed by atoms with Crippen LogP contribution in [-0.4, -0.2) is 18.5 Å². The van der Waals surface area contributed by atoms with Gasteiger partial charge in [0, 0.05) is 17.7 Å². The van der Waals surface area contributed by atoms with Gasteiger partial charge in [-0.2, -0.15) is 4.39 Å². The zero-order valence-electron chi connectivity index (χ0n) is 12.6. The summed E-state index contributed by atoms with van der Waals surface area (Å²) in [6.45, 7) is 0. The first-order valence-electron chi connectivity index (χ1n) is 7.72. The highest BCUT2D eigenvalue weighted by Crippen LogP contribution is 2.26. The molecule has 0 atom stereocenters. The number of aromatic nitrogens is 3. The molecule has 0 aliphatic heterocycles. The van der Waals surface area contributed by atoms with Crippen LogP contribution in [0.2, 0.25) is 0 Å². The lowest BCUT2D eigenvalue weighted by Crippen LogP contribution is -2.15. The van der Waals surface area contributed by atoms with Crippen molar-refractivity contribution in [2.75, 3.05) is 0 Å². The minimum absolute atomic E-state index is 0.102. The molecule has 0 unspecified atom stereocenters. The first-order valence-corrected chi connectivity index (χ1v) is 8.69. The fourth-order valence-electron chi connectivity index (χ4n) is 2.92. The third kappa shape index (κ3) is 4.04. The maximum Gasteiger partial charge on any atom is 0.213 e. The second-order valence-corrected chi connectivity index (χ2v) is 6.85. The van der Waals surface area contributed by atoms with Gasteiger partial charge in [0.1, 0.15) is 6.33 Å². The van der Waals surface area contributed by atoms with Crippen LogP contribution >= 0.6 is 22.9 Å². The van der Waals surface area contributed by atoms with Crippen molar-refractivity contribution >= 4 is 34.7 Å². The average molecular weight is 425 g/mol. The molecule has 0 aromatic carbocycles. The average Bonchev–Trinajstić information content (AvgIpc) is 2.99. The van der Waals surface area contributed by atoms with Gasteiger partial charge in [0.15, 0.2) is 5.78 Å². The van der Waals surface area contributed by atoms with Gasteiger partial charge in [0.2, 0.25) is 5.95 Å². The smallest absolute Gasteiger partial charge is 0.213 e. The molecule has 0 amide bonds. The van der Waals surface area contributed by atoms with E-state index in [-0.39, 0.29) is 11.7 Å². The van der Waals surface area contributed by atoms with Gasteiger partial charge in [0.25, 0.3) is 0 Å². The molecule has 0 N–H and O–H groups in total. The van der Waals surface area contributed by atoms with Gasteiger partial charge in [-0.1, -0.05) is 19.3 Å². The maximum absolute atomic E-state index is 13.5. The van der Waals surface area contributed by atoms with Gasteiger partial charge in [-0.3, -0.25) is 7.58 Å². The summed E-state index contributed by atoms with van der Waals surface area (Å²) in [5.74, 6) is -0.348. The van der Waals surface area contributed by atoms with E-state index in [0.29, 0.717) is 11.4 Å². The van der Waals surface area contributed by atoms with Crippen molar-refractivity contribution in [1.82, 2.24) is 12.7 Å². The Morgan fingerprint density at radius 1 is 1.30 bits per heavy atom. The van der Waals surface area contributed by atoms with Gasteiger partial charge in [0.05, 0.1) is 34.3 Å². The molecule has 1 aliphatic carbocycles. The van der Waals surface area contributed by atoms with Crippen LogP contribution in [0.25, 0.3) is 17.3 Å². The molecule has 4 nitrogen and oxygen atoms in total. The standard InChI is InChI=1S/C17H17FIN3O/c18-17-9-6-13(15-10-22(19)11-20-15)14(21-17)7-8-16(23)12-4-2-1-3-5-12/h6-12H,1-5H2/b8-7+. The number of halogens is 2. The maximum atomic E-state index is 13.5. The summed E-state index contributed by atoms with van der Waals surface area (Å²) >= 11 is 2.09. The van der Waals surface area contributed by atoms with Crippen LogP contribution in [0, 0.1) is 11.9 Å². The topological polar surface area (TPSA) is 47.8 Å². The van der Waals surface area contributed by atoms with Crippen LogP contribution in [0.1, 0.15) is 37.8 Å². The normalized spacial score (nSPS) is 16.1. The highest BCUT2D eigenvalue weighted by atomic mass is 127. The summed E-state index contributed by atoms with van der Waals surface area (Å²) in [6.07, 6.45) is 12.0. The van der Waals surface area contributed by atoms with Gasteiger partial charge in [-0.25, -0.2) is 9.97 Å². The molecule has 2 aromatic heterocycles. The van der Waals surface area contributed by atoms with E-state index in [4.69, 9.17) is 0 Å². The zero-order valence-corrected chi connectivity index (χ0v) is 14.7. The first-order chi connectivity index (χ1) is 11.1. The molecular formula is C17H17FIN3O. The van der Waals surface area contributed by atoms with Crippen LogP contribution in [0.15, 0.2) is 30.7 Å².